The molecule has 0 unspecified atom stereocenters. The maximum atomic E-state index is 5.51. The van der Waals surface area contributed by atoms with Crippen LogP contribution in [0.1, 0.15) is 0 Å². The van der Waals surface area contributed by atoms with E-state index < -0.39 is 0 Å². The molecule has 1 aliphatic heterocycles. The van der Waals surface area contributed by atoms with E-state index in [4.69, 9.17) is 24.2 Å². The summed E-state index contributed by atoms with van der Waals surface area (Å²) >= 11 is 0. The van der Waals surface area contributed by atoms with Gasteiger partial charge in [-0.05, 0) is 12.1 Å². The van der Waals surface area contributed by atoms with Gasteiger partial charge in [0.25, 0.3) is 0 Å². The van der Waals surface area contributed by atoms with Crippen molar-refractivity contribution in [2.75, 3.05) is 50.7 Å². The number of benzene rings is 2. The summed E-state index contributed by atoms with van der Waals surface area (Å²) in [6.45, 7) is 2.99. The molecular weight excluding hydrogens is 368 g/mol. The lowest BCUT2D eigenvalue weighted by molar-refractivity contribution is 0.122. The number of methoxy groups -OCH3 is 2. The number of nitrogens with zero attached hydrogens (tertiary/aromatic N) is 3. The SMILES string of the molecule is COc1ccc(Nc2cc(N3CCOCC3)nc(-c3ccccc3)n2)c(OC)c1. The third kappa shape index (κ3) is 4.41. The van der Waals surface area contributed by atoms with Gasteiger partial charge in [-0.15, -0.1) is 0 Å². The van der Waals surface area contributed by atoms with Gasteiger partial charge in [0.05, 0.1) is 33.1 Å². The molecule has 1 aliphatic rings. The fourth-order valence-corrected chi connectivity index (χ4v) is 3.21. The van der Waals surface area contributed by atoms with Gasteiger partial charge in [0, 0.05) is 30.8 Å². The molecule has 0 bridgehead atoms. The smallest absolute Gasteiger partial charge is 0.163 e. The molecule has 0 saturated carbocycles. The Hall–Kier alpha value is -3.32. The fourth-order valence-electron chi connectivity index (χ4n) is 3.21. The molecule has 2 heterocycles. The molecule has 4 rings (SSSR count). The highest BCUT2D eigenvalue weighted by Gasteiger charge is 2.16. The van der Waals surface area contributed by atoms with Gasteiger partial charge in [0.2, 0.25) is 0 Å². The van der Waals surface area contributed by atoms with Gasteiger partial charge in [-0.3, -0.25) is 0 Å². The second kappa shape index (κ2) is 8.79. The van der Waals surface area contributed by atoms with Gasteiger partial charge in [-0.2, -0.15) is 0 Å². The minimum atomic E-state index is 0.671. The zero-order valence-corrected chi connectivity index (χ0v) is 16.6. The van der Waals surface area contributed by atoms with Crippen LogP contribution in [0.4, 0.5) is 17.3 Å². The molecule has 1 aromatic heterocycles. The number of anilines is 3. The molecule has 1 N–H and O–H groups in total. The molecule has 29 heavy (non-hydrogen) atoms. The van der Waals surface area contributed by atoms with Crippen LogP contribution < -0.4 is 19.7 Å². The molecule has 0 aliphatic carbocycles. The van der Waals surface area contributed by atoms with Crippen molar-refractivity contribution >= 4 is 17.3 Å². The molecule has 0 atom stereocenters. The zero-order valence-electron chi connectivity index (χ0n) is 16.6. The van der Waals surface area contributed by atoms with Crippen LogP contribution in [-0.2, 0) is 4.74 Å². The summed E-state index contributed by atoms with van der Waals surface area (Å²) in [7, 11) is 3.27. The number of ether oxygens (including phenoxy) is 3. The molecule has 0 amide bonds. The van der Waals surface area contributed by atoms with Crippen molar-refractivity contribution in [2.45, 2.75) is 0 Å². The van der Waals surface area contributed by atoms with Crippen LogP contribution in [0.15, 0.2) is 54.6 Å². The monoisotopic (exact) mass is 392 g/mol. The van der Waals surface area contributed by atoms with Crippen LogP contribution in [0, 0.1) is 0 Å². The maximum Gasteiger partial charge on any atom is 0.163 e. The molecule has 3 aromatic rings. The van der Waals surface area contributed by atoms with Gasteiger partial charge in [-0.25, -0.2) is 9.97 Å². The van der Waals surface area contributed by atoms with Gasteiger partial charge in [0.15, 0.2) is 5.82 Å². The predicted molar refractivity (Wildman–Crippen MR) is 113 cm³/mol. The zero-order chi connectivity index (χ0) is 20.1. The second-order valence-electron chi connectivity index (χ2n) is 6.59. The van der Waals surface area contributed by atoms with E-state index in [0.717, 1.165) is 35.9 Å². The van der Waals surface area contributed by atoms with Crippen LogP contribution in [-0.4, -0.2) is 50.5 Å². The normalized spacial score (nSPS) is 13.8. The van der Waals surface area contributed by atoms with E-state index in [0.29, 0.717) is 30.6 Å². The maximum absolute atomic E-state index is 5.51. The quantitative estimate of drug-likeness (QED) is 0.685. The molecule has 2 aromatic carbocycles. The lowest BCUT2D eigenvalue weighted by Crippen LogP contribution is -2.36. The van der Waals surface area contributed by atoms with E-state index >= 15 is 0 Å². The van der Waals surface area contributed by atoms with E-state index in [9.17, 15) is 0 Å². The molecule has 150 valence electrons. The van der Waals surface area contributed by atoms with E-state index in [1.807, 2.05) is 54.6 Å². The lowest BCUT2D eigenvalue weighted by atomic mass is 10.2. The fraction of sp³-hybridized carbons (Fsp3) is 0.273. The first kappa shape index (κ1) is 19.0. The Morgan fingerprint density at radius 2 is 1.72 bits per heavy atom. The molecule has 1 fully saturated rings. The Labute approximate surface area is 170 Å². The highest BCUT2D eigenvalue weighted by molar-refractivity contribution is 5.69. The highest BCUT2D eigenvalue weighted by Crippen LogP contribution is 2.32. The summed E-state index contributed by atoms with van der Waals surface area (Å²) in [5.41, 5.74) is 1.77. The Kier molecular flexibility index (Phi) is 5.76. The van der Waals surface area contributed by atoms with Crippen molar-refractivity contribution in [1.82, 2.24) is 9.97 Å². The molecule has 7 heteroatoms. The van der Waals surface area contributed by atoms with Crippen molar-refractivity contribution in [3.05, 3.63) is 54.6 Å². The van der Waals surface area contributed by atoms with E-state index in [1.54, 1.807) is 14.2 Å². The van der Waals surface area contributed by atoms with Crippen LogP contribution in [0.5, 0.6) is 11.5 Å². The average molecular weight is 392 g/mol. The van der Waals surface area contributed by atoms with E-state index in [2.05, 4.69) is 10.2 Å². The first-order valence-corrected chi connectivity index (χ1v) is 9.53. The van der Waals surface area contributed by atoms with E-state index in [1.165, 1.54) is 0 Å². The lowest BCUT2D eigenvalue weighted by Gasteiger charge is -2.28. The van der Waals surface area contributed by atoms with Crippen LogP contribution in [0.2, 0.25) is 0 Å². The largest absolute Gasteiger partial charge is 0.497 e. The predicted octanol–water partition coefficient (Wildman–Crippen LogP) is 3.74. The summed E-state index contributed by atoms with van der Waals surface area (Å²) in [5.74, 6) is 3.65. The summed E-state index contributed by atoms with van der Waals surface area (Å²) in [6, 6.07) is 17.6. The molecule has 0 radical (unpaired) electrons. The van der Waals surface area contributed by atoms with Gasteiger partial charge in [0.1, 0.15) is 23.1 Å². The number of nitrogens with one attached hydrogen (secondary N) is 1. The average Bonchev–Trinajstić information content (AvgIpc) is 2.80. The first-order valence-electron chi connectivity index (χ1n) is 9.53. The summed E-state index contributed by atoms with van der Waals surface area (Å²) < 4.78 is 16.3. The minimum absolute atomic E-state index is 0.671. The number of rotatable bonds is 6. The third-order valence-corrected chi connectivity index (χ3v) is 4.75. The van der Waals surface area contributed by atoms with Crippen LogP contribution >= 0.6 is 0 Å². The minimum Gasteiger partial charge on any atom is -0.497 e. The van der Waals surface area contributed by atoms with E-state index in [-0.39, 0.29) is 0 Å². The molecule has 1 saturated heterocycles. The number of hydrogen-bond acceptors (Lipinski definition) is 7. The summed E-state index contributed by atoms with van der Waals surface area (Å²) in [4.78, 5) is 11.8. The number of morpholine rings is 1. The molecule has 7 nitrogen and oxygen atoms in total. The van der Waals surface area contributed by atoms with Gasteiger partial charge < -0.3 is 24.4 Å². The molecular formula is C22H24N4O3. The highest BCUT2D eigenvalue weighted by atomic mass is 16.5. The first-order chi connectivity index (χ1) is 14.3. The van der Waals surface area contributed by atoms with Crippen molar-refractivity contribution < 1.29 is 14.2 Å². The number of aromatic nitrogens is 2. The third-order valence-electron chi connectivity index (χ3n) is 4.75. The molecule has 0 spiro atoms. The van der Waals surface area contributed by atoms with Gasteiger partial charge in [-0.1, -0.05) is 30.3 Å². The summed E-state index contributed by atoms with van der Waals surface area (Å²) in [6.07, 6.45) is 0. The summed E-state index contributed by atoms with van der Waals surface area (Å²) in [5, 5.41) is 3.37. The van der Waals surface area contributed by atoms with Gasteiger partial charge >= 0.3 is 0 Å². The van der Waals surface area contributed by atoms with Crippen molar-refractivity contribution in [3.8, 4) is 22.9 Å². The standard InChI is InChI=1S/C22H24N4O3/c1-27-17-8-9-18(19(14-17)28-2)23-20-15-21(26-10-12-29-13-11-26)25-22(24-20)16-6-4-3-5-7-16/h3-9,14-15H,10-13H2,1-2H3,(H,23,24,25). The second-order valence-corrected chi connectivity index (χ2v) is 6.59. The van der Waals surface area contributed by atoms with Crippen LogP contribution in [0.3, 0.4) is 0 Å². The topological polar surface area (TPSA) is 68.7 Å². The Morgan fingerprint density at radius 1 is 0.931 bits per heavy atom. The van der Waals surface area contributed by atoms with Crippen LogP contribution in [0.25, 0.3) is 11.4 Å². The Morgan fingerprint density at radius 3 is 2.45 bits per heavy atom. The Balaban J connectivity index is 1.72. The number of hydrogen-bond donors (Lipinski definition) is 1. The van der Waals surface area contributed by atoms with Crippen molar-refractivity contribution in [2.24, 2.45) is 0 Å². The Bertz CT molecular complexity index is 960. The van der Waals surface area contributed by atoms with Crippen molar-refractivity contribution in [3.63, 3.8) is 0 Å². The van der Waals surface area contributed by atoms with Crippen molar-refractivity contribution in [1.29, 1.82) is 0 Å².